The van der Waals surface area contributed by atoms with Gasteiger partial charge in [0, 0.05) is 38.8 Å². The van der Waals surface area contributed by atoms with Crippen molar-refractivity contribution in [1.29, 1.82) is 0 Å². The lowest BCUT2D eigenvalue weighted by molar-refractivity contribution is -0.125. The Morgan fingerprint density at radius 1 is 1.54 bits per heavy atom. The number of nitrogens with one attached hydrogen (secondary N) is 2. The quantitative estimate of drug-likeness (QED) is 0.824. The summed E-state index contributed by atoms with van der Waals surface area (Å²) in [5, 5.41) is 15.0. The molecule has 2 aromatic rings. The maximum Gasteiger partial charge on any atom is 0.225 e. The maximum atomic E-state index is 12.7. The minimum absolute atomic E-state index is 0.0421. The van der Waals surface area contributed by atoms with Gasteiger partial charge in [0.2, 0.25) is 5.91 Å². The van der Waals surface area contributed by atoms with Gasteiger partial charge in [0.05, 0.1) is 18.2 Å². The molecule has 2 aromatic heterocycles. The number of aromatic nitrogens is 2. The van der Waals surface area contributed by atoms with Crippen LogP contribution in [0.2, 0.25) is 0 Å². The molecule has 1 aliphatic heterocycles. The first kappa shape index (κ1) is 17.1. The molecule has 2 N–H and O–H groups in total. The van der Waals surface area contributed by atoms with Crippen LogP contribution < -0.4 is 10.6 Å². The lowest BCUT2D eigenvalue weighted by Gasteiger charge is -2.25. The smallest absolute Gasteiger partial charge is 0.225 e. The van der Waals surface area contributed by atoms with Crippen molar-refractivity contribution in [3.63, 3.8) is 0 Å². The van der Waals surface area contributed by atoms with Crippen LogP contribution in [0, 0.1) is 5.92 Å². The van der Waals surface area contributed by atoms with E-state index in [-0.39, 0.29) is 23.8 Å². The summed E-state index contributed by atoms with van der Waals surface area (Å²) in [5.41, 5.74) is 2.38. The number of thiophene rings is 1. The van der Waals surface area contributed by atoms with Gasteiger partial charge in [-0.15, -0.1) is 0 Å². The maximum absolute atomic E-state index is 12.7. The highest BCUT2D eigenvalue weighted by Gasteiger charge is 2.34. The fourth-order valence-corrected chi connectivity index (χ4v) is 4.03. The van der Waals surface area contributed by atoms with E-state index >= 15 is 0 Å². The van der Waals surface area contributed by atoms with Crippen LogP contribution in [0.5, 0.6) is 0 Å². The molecule has 1 amide bonds. The highest BCUT2D eigenvalue weighted by atomic mass is 32.1. The van der Waals surface area contributed by atoms with E-state index in [2.05, 4.69) is 37.5 Å². The van der Waals surface area contributed by atoms with E-state index < -0.39 is 0 Å². The van der Waals surface area contributed by atoms with Crippen molar-refractivity contribution < 1.29 is 4.79 Å². The molecule has 0 saturated carbocycles. The molecule has 1 unspecified atom stereocenters. The Balaban J connectivity index is 1.63. The topological polar surface area (TPSA) is 62.2 Å². The fourth-order valence-electron chi connectivity index (χ4n) is 3.33. The molecular weight excluding hydrogens is 322 g/mol. The van der Waals surface area contributed by atoms with Gasteiger partial charge in [-0.1, -0.05) is 0 Å². The molecule has 24 heavy (non-hydrogen) atoms. The molecule has 0 aliphatic carbocycles. The number of amides is 1. The zero-order chi connectivity index (χ0) is 17.1. The molecule has 7 heteroatoms. The number of nitrogens with zero attached hydrogens (tertiary/aromatic N) is 3. The summed E-state index contributed by atoms with van der Waals surface area (Å²) in [7, 11) is 6.00. The average molecular weight is 347 g/mol. The molecule has 130 valence electrons. The molecule has 3 atom stereocenters. The van der Waals surface area contributed by atoms with Gasteiger partial charge in [-0.3, -0.25) is 9.48 Å². The van der Waals surface area contributed by atoms with Gasteiger partial charge in [0.25, 0.3) is 0 Å². The number of carbonyl (C=O) groups excluding carboxylic acids is 1. The van der Waals surface area contributed by atoms with Gasteiger partial charge in [0.1, 0.15) is 0 Å². The fraction of sp³-hybridized carbons (Fsp3) is 0.529. The van der Waals surface area contributed by atoms with Crippen LogP contribution in [0.1, 0.15) is 23.1 Å². The van der Waals surface area contributed by atoms with E-state index in [0.29, 0.717) is 6.54 Å². The molecule has 1 saturated heterocycles. The minimum Gasteiger partial charge on any atom is -0.354 e. The Hall–Kier alpha value is -1.70. The van der Waals surface area contributed by atoms with Crippen molar-refractivity contribution in [2.75, 3.05) is 33.7 Å². The summed E-state index contributed by atoms with van der Waals surface area (Å²) in [6, 6.07) is 2.32. The molecule has 6 nitrogen and oxygen atoms in total. The summed E-state index contributed by atoms with van der Waals surface area (Å²) in [5.74, 6) is 0.271. The first-order chi connectivity index (χ1) is 11.6. The summed E-state index contributed by atoms with van der Waals surface area (Å²) < 4.78 is 1.79. The monoisotopic (exact) mass is 347 g/mol. The molecule has 1 aliphatic rings. The van der Waals surface area contributed by atoms with Crippen LogP contribution >= 0.6 is 11.3 Å². The van der Waals surface area contributed by atoms with Crippen LogP contribution in [0.3, 0.4) is 0 Å². The molecule has 0 bridgehead atoms. The summed E-state index contributed by atoms with van der Waals surface area (Å²) in [6.45, 7) is 2.17. The van der Waals surface area contributed by atoms with Crippen molar-refractivity contribution in [2.45, 2.75) is 12.0 Å². The van der Waals surface area contributed by atoms with Gasteiger partial charge < -0.3 is 15.5 Å². The van der Waals surface area contributed by atoms with Crippen LogP contribution in [-0.4, -0.2) is 54.3 Å². The van der Waals surface area contributed by atoms with E-state index in [1.165, 1.54) is 5.56 Å². The van der Waals surface area contributed by atoms with Crippen molar-refractivity contribution in [1.82, 2.24) is 25.3 Å². The van der Waals surface area contributed by atoms with E-state index in [1.807, 2.05) is 33.5 Å². The lowest BCUT2D eigenvalue weighted by atomic mass is 9.90. The predicted molar refractivity (Wildman–Crippen MR) is 96.1 cm³/mol. The van der Waals surface area contributed by atoms with Crippen molar-refractivity contribution in [3.8, 4) is 0 Å². The molecule has 0 radical (unpaired) electrons. The molecule has 3 rings (SSSR count). The van der Waals surface area contributed by atoms with E-state index in [1.54, 1.807) is 16.0 Å². The highest BCUT2D eigenvalue weighted by Crippen LogP contribution is 2.28. The second kappa shape index (κ2) is 7.46. The zero-order valence-corrected chi connectivity index (χ0v) is 15.2. The Kier molecular flexibility index (Phi) is 5.33. The standard InChI is InChI=1S/C17H25N5OS/c1-21(2)16(12-4-5-24-11-12)9-19-17(23)15-8-18-7-14(15)13-6-20-22(3)10-13/h4-6,10-11,14-16,18H,7-9H2,1-3H3,(H,19,23)/t14-,15+,16?/m1/s1. The highest BCUT2D eigenvalue weighted by molar-refractivity contribution is 7.07. The number of aryl methyl sites for hydroxylation is 1. The number of hydrogen-bond acceptors (Lipinski definition) is 5. The number of rotatable bonds is 6. The molecule has 0 aromatic carbocycles. The minimum atomic E-state index is -0.0421. The van der Waals surface area contributed by atoms with Gasteiger partial charge in [-0.2, -0.15) is 16.4 Å². The van der Waals surface area contributed by atoms with Gasteiger partial charge in [0.15, 0.2) is 0 Å². The van der Waals surface area contributed by atoms with E-state index in [9.17, 15) is 4.79 Å². The van der Waals surface area contributed by atoms with Gasteiger partial charge in [-0.05, 0) is 42.0 Å². The van der Waals surface area contributed by atoms with Crippen LogP contribution in [-0.2, 0) is 11.8 Å². The van der Waals surface area contributed by atoms with Crippen LogP contribution in [0.25, 0.3) is 0 Å². The third kappa shape index (κ3) is 3.68. The molecule has 0 spiro atoms. The second-order valence-corrected chi connectivity index (χ2v) is 7.38. The third-order valence-corrected chi connectivity index (χ3v) is 5.43. The van der Waals surface area contributed by atoms with E-state index in [4.69, 9.17) is 0 Å². The first-order valence-corrected chi connectivity index (χ1v) is 9.16. The Morgan fingerprint density at radius 2 is 2.38 bits per heavy atom. The molecular formula is C17H25N5OS. The SMILES string of the molecule is CN(C)C(CNC(=O)[C@H]1CNC[C@@H]1c1cnn(C)c1)c1ccsc1. The van der Waals surface area contributed by atoms with Crippen molar-refractivity contribution in [3.05, 3.63) is 40.3 Å². The molecule has 3 heterocycles. The van der Waals surface area contributed by atoms with Gasteiger partial charge >= 0.3 is 0 Å². The Bertz CT molecular complexity index is 666. The first-order valence-electron chi connectivity index (χ1n) is 8.21. The number of hydrogen-bond donors (Lipinski definition) is 2. The summed E-state index contributed by atoms with van der Waals surface area (Å²) >= 11 is 1.69. The Labute approximate surface area is 146 Å². The number of likely N-dealkylation sites (N-methyl/N-ethyl adjacent to an activating group) is 1. The summed E-state index contributed by atoms with van der Waals surface area (Å²) in [4.78, 5) is 14.9. The Morgan fingerprint density at radius 3 is 3.00 bits per heavy atom. The van der Waals surface area contributed by atoms with Crippen LogP contribution in [0.4, 0.5) is 0 Å². The lowest BCUT2D eigenvalue weighted by Crippen LogP contribution is -2.39. The normalized spacial score (nSPS) is 22.0. The summed E-state index contributed by atoms with van der Waals surface area (Å²) in [6.07, 6.45) is 3.87. The van der Waals surface area contributed by atoms with Crippen molar-refractivity contribution >= 4 is 17.2 Å². The second-order valence-electron chi connectivity index (χ2n) is 6.60. The van der Waals surface area contributed by atoms with Gasteiger partial charge in [-0.25, -0.2) is 0 Å². The van der Waals surface area contributed by atoms with Crippen molar-refractivity contribution in [2.24, 2.45) is 13.0 Å². The average Bonchev–Trinajstić information content (AvgIpc) is 3.27. The van der Waals surface area contributed by atoms with E-state index in [0.717, 1.165) is 18.7 Å². The predicted octanol–water partition coefficient (Wildman–Crippen LogP) is 1.20. The zero-order valence-electron chi connectivity index (χ0n) is 14.4. The third-order valence-electron chi connectivity index (χ3n) is 4.72. The molecule has 1 fully saturated rings. The number of carbonyl (C=O) groups is 1. The largest absolute Gasteiger partial charge is 0.354 e. The van der Waals surface area contributed by atoms with Crippen LogP contribution in [0.15, 0.2) is 29.2 Å².